The van der Waals surface area contributed by atoms with E-state index in [4.69, 9.17) is 4.74 Å². The SMILES string of the molecule is CCCc1ccc(C(O)c2cccc(COC)c2)cc1. The first-order chi connectivity index (χ1) is 9.74. The number of methoxy groups -OCH3 is 1. The van der Waals surface area contributed by atoms with Crippen molar-refractivity contribution in [3.63, 3.8) is 0 Å². The maximum Gasteiger partial charge on any atom is 0.104 e. The van der Waals surface area contributed by atoms with Crippen molar-refractivity contribution in [3.8, 4) is 0 Å². The molecule has 2 aromatic carbocycles. The minimum Gasteiger partial charge on any atom is -0.384 e. The average Bonchev–Trinajstić information content (AvgIpc) is 2.48. The molecule has 0 saturated carbocycles. The van der Waals surface area contributed by atoms with Crippen LogP contribution in [-0.4, -0.2) is 12.2 Å². The Labute approximate surface area is 121 Å². The van der Waals surface area contributed by atoms with Crippen molar-refractivity contribution in [3.05, 3.63) is 70.8 Å². The van der Waals surface area contributed by atoms with E-state index in [1.807, 2.05) is 36.4 Å². The van der Waals surface area contributed by atoms with Crippen LogP contribution in [0, 0.1) is 0 Å². The molecule has 0 aliphatic heterocycles. The Morgan fingerprint density at radius 1 is 1.00 bits per heavy atom. The minimum absolute atomic E-state index is 0.565. The predicted molar refractivity (Wildman–Crippen MR) is 81.7 cm³/mol. The molecule has 106 valence electrons. The monoisotopic (exact) mass is 270 g/mol. The molecule has 2 heteroatoms. The van der Waals surface area contributed by atoms with Gasteiger partial charge in [-0.15, -0.1) is 0 Å². The molecule has 2 nitrogen and oxygen atoms in total. The van der Waals surface area contributed by atoms with E-state index in [1.54, 1.807) is 7.11 Å². The summed E-state index contributed by atoms with van der Waals surface area (Å²) in [5.41, 5.74) is 4.23. The smallest absolute Gasteiger partial charge is 0.104 e. The lowest BCUT2D eigenvalue weighted by Crippen LogP contribution is -2.01. The Bertz CT molecular complexity index is 531. The van der Waals surface area contributed by atoms with E-state index in [1.165, 1.54) is 5.56 Å². The van der Waals surface area contributed by atoms with Crippen LogP contribution in [0.5, 0.6) is 0 Å². The third kappa shape index (κ3) is 3.69. The molecule has 0 bridgehead atoms. The largest absolute Gasteiger partial charge is 0.384 e. The van der Waals surface area contributed by atoms with Crippen LogP contribution in [0.25, 0.3) is 0 Å². The first kappa shape index (κ1) is 14.8. The fourth-order valence-corrected chi connectivity index (χ4v) is 2.37. The fourth-order valence-electron chi connectivity index (χ4n) is 2.37. The first-order valence-electron chi connectivity index (χ1n) is 7.09. The van der Waals surface area contributed by atoms with E-state index < -0.39 is 6.10 Å². The Morgan fingerprint density at radius 3 is 2.40 bits per heavy atom. The Hall–Kier alpha value is -1.64. The molecular weight excluding hydrogens is 248 g/mol. The van der Waals surface area contributed by atoms with Gasteiger partial charge in [-0.3, -0.25) is 0 Å². The van der Waals surface area contributed by atoms with Crippen molar-refractivity contribution in [2.75, 3.05) is 7.11 Å². The fraction of sp³-hybridized carbons (Fsp3) is 0.333. The lowest BCUT2D eigenvalue weighted by molar-refractivity contribution is 0.184. The van der Waals surface area contributed by atoms with Gasteiger partial charge in [-0.05, 0) is 28.7 Å². The lowest BCUT2D eigenvalue weighted by atomic mass is 9.98. The van der Waals surface area contributed by atoms with E-state index in [2.05, 4.69) is 19.1 Å². The van der Waals surface area contributed by atoms with Crippen molar-refractivity contribution in [2.45, 2.75) is 32.5 Å². The Kier molecular flexibility index (Phi) is 5.33. The zero-order valence-electron chi connectivity index (χ0n) is 12.2. The summed E-state index contributed by atoms with van der Waals surface area (Å²) >= 11 is 0. The number of hydrogen-bond acceptors (Lipinski definition) is 2. The first-order valence-corrected chi connectivity index (χ1v) is 7.09. The second kappa shape index (κ2) is 7.22. The van der Waals surface area contributed by atoms with Crippen molar-refractivity contribution >= 4 is 0 Å². The van der Waals surface area contributed by atoms with E-state index in [9.17, 15) is 5.11 Å². The summed E-state index contributed by atoms with van der Waals surface area (Å²) in [5.74, 6) is 0. The van der Waals surface area contributed by atoms with Crippen LogP contribution in [0.2, 0.25) is 0 Å². The summed E-state index contributed by atoms with van der Waals surface area (Å²) in [5, 5.41) is 10.5. The Morgan fingerprint density at radius 2 is 1.75 bits per heavy atom. The maximum absolute atomic E-state index is 10.5. The van der Waals surface area contributed by atoms with Gasteiger partial charge in [0.2, 0.25) is 0 Å². The quantitative estimate of drug-likeness (QED) is 0.863. The van der Waals surface area contributed by atoms with Gasteiger partial charge < -0.3 is 9.84 Å². The number of benzene rings is 2. The highest BCUT2D eigenvalue weighted by Gasteiger charge is 2.10. The molecule has 1 N–H and O–H groups in total. The molecule has 0 fully saturated rings. The van der Waals surface area contributed by atoms with Gasteiger partial charge in [-0.1, -0.05) is 61.9 Å². The van der Waals surface area contributed by atoms with Crippen LogP contribution in [0.3, 0.4) is 0 Å². The highest BCUT2D eigenvalue weighted by Crippen LogP contribution is 2.23. The van der Waals surface area contributed by atoms with Crippen molar-refractivity contribution in [1.82, 2.24) is 0 Å². The summed E-state index contributed by atoms with van der Waals surface area (Å²) in [6.07, 6.45) is 1.64. The maximum atomic E-state index is 10.5. The number of aliphatic hydroxyl groups excluding tert-OH is 1. The molecule has 0 heterocycles. The third-order valence-corrected chi connectivity index (χ3v) is 3.41. The van der Waals surface area contributed by atoms with E-state index in [0.29, 0.717) is 6.61 Å². The lowest BCUT2D eigenvalue weighted by Gasteiger charge is -2.13. The number of hydrogen-bond donors (Lipinski definition) is 1. The molecule has 0 aliphatic carbocycles. The molecule has 0 spiro atoms. The van der Waals surface area contributed by atoms with E-state index >= 15 is 0 Å². The molecule has 0 aromatic heterocycles. The van der Waals surface area contributed by atoms with Crippen LogP contribution < -0.4 is 0 Å². The zero-order chi connectivity index (χ0) is 14.4. The molecule has 20 heavy (non-hydrogen) atoms. The molecule has 1 atom stereocenters. The van der Waals surface area contributed by atoms with Crippen LogP contribution in [-0.2, 0) is 17.8 Å². The molecule has 0 saturated heterocycles. The van der Waals surface area contributed by atoms with Gasteiger partial charge >= 0.3 is 0 Å². The molecule has 0 radical (unpaired) electrons. The third-order valence-electron chi connectivity index (χ3n) is 3.41. The van der Waals surface area contributed by atoms with Gasteiger partial charge in [0.25, 0.3) is 0 Å². The van der Waals surface area contributed by atoms with Gasteiger partial charge in [0.1, 0.15) is 6.10 Å². The molecule has 2 rings (SSSR count). The molecular formula is C18H22O2. The van der Waals surface area contributed by atoms with Gasteiger partial charge in [0.15, 0.2) is 0 Å². The van der Waals surface area contributed by atoms with E-state index in [0.717, 1.165) is 29.5 Å². The van der Waals surface area contributed by atoms with Gasteiger partial charge in [-0.2, -0.15) is 0 Å². The van der Waals surface area contributed by atoms with Crippen molar-refractivity contribution in [1.29, 1.82) is 0 Å². The van der Waals surface area contributed by atoms with Crippen LogP contribution in [0.4, 0.5) is 0 Å². The summed E-state index contributed by atoms with van der Waals surface area (Å²) in [6.45, 7) is 2.74. The molecule has 1 unspecified atom stereocenters. The van der Waals surface area contributed by atoms with Crippen molar-refractivity contribution < 1.29 is 9.84 Å². The highest BCUT2D eigenvalue weighted by molar-refractivity contribution is 5.34. The minimum atomic E-state index is -0.581. The van der Waals surface area contributed by atoms with Gasteiger partial charge in [0, 0.05) is 7.11 Å². The zero-order valence-corrected chi connectivity index (χ0v) is 12.2. The second-order valence-corrected chi connectivity index (χ2v) is 5.07. The summed E-state index contributed by atoms with van der Waals surface area (Å²) in [7, 11) is 1.68. The van der Waals surface area contributed by atoms with Crippen LogP contribution in [0.15, 0.2) is 48.5 Å². The van der Waals surface area contributed by atoms with Gasteiger partial charge in [0.05, 0.1) is 6.61 Å². The second-order valence-electron chi connectivity index (χ2n) is 5.07. The van der Waals surface area contributed by atoms with Crippen molar-refractivity contribution in [2.24, 2.45) is 0 Å². The summed E-state index contributed by atoms with van der Waals surface area (Å²) in [6, 6.07) is 16.1. The topological polar surface area (TPSA) is 29.5 Å². The summed E-state index contributed by atoms with van der Waals surface area (Å²) in [4.78, 5) is 0. The number of aliphatic hydroxyl groups is 1. The number of rotatable bonds is 6. The van der Waals surface area contributed by atoms with Crippen LogP contribution in [0.1, 0.15) is 41.7 Å². The van der Waals surface area contributed by atoms with Gasteiger partial charge in [-0.25, -0.2) is 0 Å². The molecule has 0 aliphatic rings. The highest BCUT2D eigenvalue weighted by atomic mass is 16.5. The van der Waals surface area contributed by atoms with E-state index in [-0.39, 0.29) is 0 Å². The number of aryl methyl sites for hydroxylation is 1. The standard InChI is InChI=1S/C18H22O2/c1-3-5-14-8-10-16(11-9-14)18(19)17-7-4-6-15(12-17)13-20-2/h4,6-12,18-19H,3,5,13H2,1-2H3. The molecule has 0 amide bonds. The average molecular weight is 270 g/mol. The Balaban J connectivity index is 2.17. The predicted octanol–water partition coefficient (Wildman–Crippen LogP) is 3.87. The normalized spacial score (nSPS) is 12.3. The summed E-state index contributed by atoms with van der Waals surface area (Å²) < 4.78 is 5.13. The molecule has 2 aromatic rings. The van der Waals surface area contributed by atoms with Crippen LogP contribution >= 0.6 is 0 Å². The number of ether oxygens (including phenoxy) is 1.